The van der Waals surface area contributed by atoms with Crippen LogP contribution in [0.1, 0.15) is 25.0 Å². The van der Waals surface area contributed by atoms with Crippen molar-refractivity contribution in [3.8, 4) is 0 Å². The van der Waals surface area contributed by atoms with Crippen LogP contribution in [0.15, 0.2) is 30.3 Å². The predicted octanol–water partition coefficient (Wildman–Crippen LogP) is 3.72. The minimum Gasteiger partial charge on any atom is -0.373 e. The Balaban J connectivity index is 2.75. The lowest BCUT2D eigenvalue weighted by atomic mass is 10.1. The van der Waals surface area contributed by atoms with Gasteiger partial charge in [0.1, 0.15) is 0 Å². The van der Waals surface area contributed by atoms with E-state index in [9.17, 15) is 13.2 Å². The molecule has 84 valence electrons. The van der Waals surface area contributed by atoms with Crippen LogP contribution < -0.4 is 0 Å². The molecule has 0 aromatic heterocycles. The largest absolute Gasteiger partial charge is 0.391 e. The number of ether oxygens (including phenoxy) is 1. The van der Waals surface area contributed by atoms with Crippen molar-refractivity contribution >= 4 is 0 Å². The summed E-state index contributed by atoms with van der Waals surface area (Å²) in [4.78, 5) is 0. The Hall–Kier alpha value is -1.03. The number of benzene rings is 1. The number of rotatable bonds is 4. The molecule has 0 aliphatic heterocycles. The fourth-order valence-electron chi connectivity index (χ4n) is 1.35. The van der Waals surface area contributed by atoms with Crippen molar-refractivity contribution in [2.75, 3.05) is 6.61 Å². The van der Waals surface area contributed by atoms with Crippen molar-refractivity contribution in [1.29, 1.82) is 0 Å². The van der Waals surface area contributed by atoms with E-state index in [1.165, 1.54) is 0 Å². The van der Waals surface area contributed by atoms with Gasteiger partial charge in [-0.2, -0.15) is 13.2 Å². The maximum atomic E-state index is 12.2. The molecule has 1 aromatic rings. The second-order valence-electron chi connectivity index (χ2n) is 3.17. The summed E-state index contributed by atoms with van der Waals surface area (Å²) in [6.07, 6.45) is -6.03. The highest BCUT2D eigenvalue weighted by atomic mass is 19.4. The topological polar surface area (TPSA) is 9.23 Å². The average molecular weight is 218 g/mol. The molecule has 1 aromatic carbocycles. The lowest BCUT2D eigenvalue weighted by Crippen LogP contribution is -2.16. The summed E-state index contributed by atoms with van der Waals surface area (Å²) in [5.74, 6) is 0. The Labute approximate surface area is 86.9 Å². The standard InChI is InChI=1S/C11H13F3O/c1-2-15-10(8-11(12,13)14)9-6-4-3-5-7-9/h3-7,10H,2,8H2,1H3/t10-/m1/s1. The number of alkyl halides is 3. The molecule has 0 aliphatic rings. The summed E-state index contributed by atoms with van der Waals surface area (Å²) < 4.78 is 41.8. The smallest absolute Gasteiger partial charge is 0.373 e. The minimum atomic E-state index is -4.20. The van der Waals surface area contributed by atoms with Crippen LogP contribution in [0.3, 0.4) is 0 Å². The molecule has 0 saturated carbocycles. The van der Waals surface area contributed by atoms with Crippen molar-refractivity contribution in [2.45, 2.75) is 25.6 Å². The van der Waals surface area contributed by atoms with Gasteiger partial charge in [-0.1, -0.05) is 30.3 Å². The third kappa shape index (κ3) is 4.34. The van der Waals surface area contributed by atoms with Gasteiger partial charge in [0, 0.05) is 6.61 Å². The molecular formula is C11H13F3O. The molecular weight excluding hydrogens is 205 g/mol. The second-order valence-corrected chi connectivity index (χ2v) is 3.17. The molecule has 0 N–H and O–H groups in total. The third-order valence-corrected chi connectivity index (χ3v) is 1.96. The van der Waals surface area contributed by atoms with E-state index < -0.39 is 18.7 Å². The van der Waals surface area contributed by atoms with E-state index in [0.717, 1.165) is 0 Å². The van der Waals surface area contributed by atoms with Gasteiger partial charge < -0.3 is 4.74 Å². The maximum Gasteiger partial charge on any atom is 0.391 e. The van der Waals surface area contributed by atoms with E-state index in [0.29, 0.717) is 5.56 Å². The van der Waals surface area contributed by atoms with Gasteiger partial charge in [0.15, 0.2) is 0 Å². The zero-order chi connectivity index (χ0) is 11.3. The fraction of sp³-hybridized carbons (Fsp3) is 0.455. The van der Waals surface area contributed by atoms with Gasteiger partial charge in [0.2, 0.25) is 0 Å². The van der Waals surface area contributed by atoms with Crippen LogP contribution in [-0.2, 0) is 4.74 Å². The van der Waals surface area contributed by atoms with Crippen LogP contribution in [-0.4, -0.2) is 12.8 Å². The third-order valence-electron chi connectivity index (χ3n) is 1.96. The molecule has 0 fully saturated rings. The second kappa shape index (κ2) is 5.16. The monoisotopic (exact) mass is 218 g/mol. The van der Waals surface area contributed by atoms with Gasteiger partial charge in [0.05, 0.1) is 12.5 Å². The highest BCUT2D eigenvalue weighted by molar-refractivity contribution is 5.17. The summed E-state index contributed by atoms with van der Waals surface area (Å²) in [6.45, 7) is 1.96. The Kier molecular flexibility index (Phi) is 4.15. The molecule has 0 aliphatic carbocycles. The molecule has 0 unspecified atom stereocenters. The van der Waals surface area contributed by atoms with Gasteiger partial charge in [-0.05, 0) is 12.5 Å². The van der Waals surface area contributed by atoms with Gasteiger partial charge >= 0.3 is 6.18 Å². The Bertz CT molecular complexity index is 282. The fourth-order valence-corrected chi connectivity index (χ4v) is 1.35. The van der Waals surface area contributed by atoms with E-state index in [4.69, 9.17) is 4.74 Å². The first kappa shape index (κ1) is 12.0. The quantitative estimate of drug-likeness (QED) is 0.748. The number of hydrogen-bond acceptors (Lipinski definition) is 1. The summed E-state index contributed by atoms with van der Waals surface area (Å²) in [7, 11) is 0. The first-order valence-electron chi connectivity index (χ1n) is 4.76. The van der Waals surface area contributed by atoms with Gasteiger partial charge in [0.25, 0.3) is 0 Å². The molecule has 0 heterocycles. The minimum absolute atomic E-state index is 0.273. The average Bonchev–Trinajstić information content (AvgIpc) is 2.17. The first-order chi connectivity index (χ1) is 7.03. The molecule has 0 amide bonds. The Morgan fingerprint density at radius 1 is 1.20 bits per heavy atom. The van der Waals surface area contributed by atoms with Crippen LogP contribution >= 0.6 is 0 Å². The lowest BCUT2D eigenvalue weighted by Gasteiger charge is -2.18. The van der Waals surface area contributed by atoms with Crippen molar-refractivity contribution in [1.82, 2.24) is 0 Å². The van der Waals surface area contributed by atoms with E-state index in [1.807, 2.05) is 0 Å². The molecule has 0 saturated heterocycles. The van der Waals surface area contributed by atoms with Crippen molar-refractivity contribution < 1.29 is 17.9 Å². The zero-order valence-corrected chi connectivity index (χ0v) is 8.42. The van der Waals surface area contributed by atoms with Gasteiger partial charge in [-0.3, -0.25) is 0 Å². The van der Waals surface area contributed by atoms with E-state index in [-0.39, 0.29) is 6.61 Å². The number of hydrogen-bond donors (Lipinski definition) is 0. The van der Waals surface area contributed by atoms with E-state index in [1.54, 1.807) is 37.3 Å². The van der Waals surface area contributed by atoms with E-state index >= 15 is 0 Å². The molecule has 0 radical (unpaired) electrons. The van der Waals surface area contributed by atoms with Crippen LogP contribution in [0.2, 0.25) is 0 Å². The zero-order valence-electron chi connectivity index (χ0n) is 8.42. The molecule has 1 rings (SSSR count). The molecule has 15 heavy (non-hydrogen) atoms. The summed E-state index contributed by atoms with van der Waals surface area (Å²) >= 11 is 0. The SMILES string of the molecule is CCO[C@H](CC(F)(F)F)c1ccccc1. The maximum absolute atomic E-state index is 12.2. The molecule has 4 heteroatoms. The first-order valence-corrected chi connectivity index (χ1v) is 4.76. The van der Waals surface area contributed by atoms with Gasteiger partial charge in [-0.25, -0.2) is 0 Å². The van der Waals surface area contributed by atoms with Crippen LogP contribution in [0.5, 0.6) is 0 Å². The van der Waals surface area contributed by atoms with Crippen molar-refractivity contribution in [3.05, 3.63) is 35.9 Å². The Morgan fingerprint density at radius 2 is 1.80 bits per heavy atom. The molecule has 0 spiro atoms. The van der Waals surface area contributed by atoms with Crippen molar-refractivity contribution in [2.24, 2.45) is 0 Å². The van der Waals surface area contributed by atoms with Crippen LogP contribution in [0.4, 0.5) is 13.2 Å². The highest BCUT2D eigenvalue weighted by Gasteiger charge is 2.32. The molecule has 0 bridgehead atoms. The molecule has 1 atom stereocenters. The normalized spacial score (nSPS) is 13.9. The van der Waals surface area contributed by atoms with Gasteiger partial charge in [-0.15, -0.1) is 0 Å². The van der Waals surface area contributed by atoms with Crippen LogP contribution in [0, 0.1) is 0 Å². The lowest BCUT2D eigenvalue weighted by molar-refractivity contribution is -0.161. The summed E-state index contributed by atoms with van der Waals surface area (Å²) in [5, 5.41) is 0. The Morgan fingerprint density at radius 3 is 2.27 bits per heavy atom. The highest BCUT2D eigenvalue weighted by Crippen LogP contribution is 2.31. The summed E-state index contributed by atoms with van der Waals surface area (Å²) in [6, 6.07) is 8.47. The van der Waals surface area contributed by atoms with Crippen molar-refractivity contribution in [3.63, 3.8) is 0 Å². The van der Waals surface area contributed by atoms with Crippen LogP contribution in [0.25, 0.3) is 0 Å². The molecule has 1 nitrogen and oxygen atoms in total. The predicted molar refractivity (Wildman–Crippen MR) is 51.5 cm³/mol. The number of halogens is 3. The summed E-state index contributed by atoms with van der Waals surface area (Å²) in [5.41, 5.74) is 0.566. The van der Waals surface area contributed by atoms with E-state index in [2.05, 4.69) is 0 Å².